The molecule has 0 spiro atoms. The highest BCUT2D eigenvalue weighted by molar-refractivity contribution is 7.80. The highest BCUT2D eigenvalue weighted by atomic mass is 32.1. The Balaban J connectivity index is 1.90. The molecule has 104 valence electrons. The van der Waals surface area contributed by atoms with Crippen LogP contribution in [-0.4, -0.2) is 17.9 Å². The van der Waals surface area contributed by atoms with Crippen molar-refractivity contribution >= 4 is 28.7 Å². The molecule has 0 aliphatic carbocycles. The number of methoxy groups -OCH3 is 1. The summed E-state index contributed by atoms with van der Waals surface area (Å²) < 4.78 is 10.3. The number of hydrogen-bond donors (Lipinski definition) is 2. The fourth-order valence-electron chi connectivity index (χ4n) is 1.51. The zero-order valence-corrected chi connectivity index (χ0v) is 12.0. The first-order valence-corrected chi connectivity index (χ1v) is 6.39. The summed E-state index contributed by atoms with van der Waals surface area (Å²) in [7, 11) is 1.63. The highest BCUT2D eigenvalue weighted by Gasteiger charge is 2.01. The molecule has 2 N–H and O–H groups in total. The van der Waals surface area contributed by atoms with Crippen molar-refractivity contribution in [2.45, 2.75) is 6.92 Å². The van der Waals surface area contributed by atoms with Gasteiger partial charge in [0.1, 0.15) is 17.2 Å². The van der Waals surface area contributed by atoms with Crippen LogP contribution in [0.1, 0.15) is 12.7 Å². The van der Waals surface area contributed by atoms with Crippen LogP contribution in [0.25, 0.3) is 0 Å². The maximum absolute atomic E-state index is 5.22. The Morgan fingerprint density at radius 3 is 2.60 bits per heavy atom. The molecule has 20 heavy (non-hydrogen) atoms. The molecule has 0 aliphatic rings. The van der Waals surface area contributed by atoms with Gasteiger partial charge >= 0.3 is 0 Å². The minimum Gasteiger partial charge on any atom is -0.497 e. The van der Waals surface area contributed by atoms with Gasteiger partial charge in [-0.15, -0.1) is 0 Å². The SMILES string of the molecule is COc1ccc(NC(=S)N/N=C(/C)c2ccco2)cc1. The average Bonchev–Trinajstić information content (AvgIpc) is 3.00. The van der Waals surface area contributed by atoms with E-state index in [-0.39, 0.29) is 0 Å². The van der Waals surface area contributed by atoms with E-state index in [2.05, 4.69) is 15.8 Å². The van der Waals surface area contributed by atoms with Gasteiger partial charge in [0.05, 0.1) is 13.4 Å². The summed E-state index contributed by atoms with van der Waals surface area (Å²) in [5, 5.41) is 7.57. The first kappa shape index (κ1) is 14.1. The molecule has 6 heteroatoms. The van der Waals surface area contributed by atoms with Gasteiger partial charge in [-0.3, -0.25) is 5.43 Å². The number of ether oxygens (including phenoxy) is 1. The molecule has 1 aromatic heterocycles. The lowest BCUT2D eigenvalue weighted by Crippen LogP contribution is -2.24. The van der Waals surface area contributed by atoms with Crippen molar-refractivity contribution in [1.29, 1.82) is 0 Å². The number of nitrogens with one attached hydrogen (secondary N) is 2. The summed E-state index contributed by atoms with van der Waals surface area (Å²) in [6.07, 6.45) is 1.60. The molecule has 0 saturated carbocycles. The molecule has 0 unspecified atom stereocenters. The van der Waals surface area contributed by atoms with Crippen LogP contribution >= 0.6 is 12.2 Å². The number of anilines is 1. The smallest absolute Gasteiger partial charge is 0.191 e. The van der Waals surface area contributed by atoms with E-state index in [9.17, 15) is 0 Å². The zero-order valence-electron chi connectivity index (χ0n) is 11.2. The van der Waals surface area contributed by atoms with Gasteiger partial charge in [0.15, 0.2) is 5.11 Å². The van der Waals surface area contributed by atoms with E-state index in [1.54, 1.807) is 13.4 Å². The predicted molar refractivity (Wildman–Crippen MR) is 83.3 cm³/mol. The van der Waals surface area contributed by atoms with E-state index in [0.717, 1.165) is 11.4 Å². The molecular weight excluding hydrogens is 274 g/mol. The van der Waals surface area contributed by atoms with Crippen molar-refractivity contribution < 1.29 is 9.15 Å². The minimum absolute atomic E-state index is 0.404. The number of furan rings is 1. The summed E-state index contributed by atoms with van der Waals surface area (Å²) in [5.74, 6) is 1.49. The largest absolute Gasteiger partial charge is 0.497 e. The molecule has 0 bridgehead atoms. The van der Waals surface area contributed by atoms with Gasteiger partial charge < -0.3 is 14.5 Å². The second kappa shape index (κ2) is 6.72. The lowest BCUT2D eigenvalue weighted by molar-refractivity contribution is 0.415. The second-order valence-electron chi connectivity index (χ2n) is 3.97. The van der Waals surface area contributed by atoms with E-state index in [1.165, 1.54) is 0 Å². The van der Waals surface area contributed by atoms with Crippen LogP contribution < -0.4 is 15.5 Å². The molecular formula is C14H15N3O2S. The van der Waals surface area contributed by atoms with E-state index in [1.807, 2.05) is 43.3 Å². The van der Waals surface area contributed by atoms with E-state index < -0.39 is 0 Å². The lowest BCUT2D eigenvalue weighted by Gasteiger charge is -2.08. The second-order valence-corrected chi connectivity index (χ2v) is 4.38. The molecule has 0 aliphatic heterocycles. The Labute approximate surface area is 122 Å². The van der Waals surface area contributed by atoms with Gasteiger partial charge in [-0.05, 0) is 55.5 Å². The van der Waals surface area contributed by atoms with Crippen LogP contribution in [0, 0.1) is 0 Å². The normalized spacial score (nSPS) is 11.0. The quantitative estimate of drug-likeness (QED) is 0.515. The first-order chi connectivity index (χ1) is 9.69. The molecule has 1 aromatic carbocycles. The van der Waals surface area contributed by atoms with Crippen LogP contribution in [0.4, 0.5) is 5.69 Å². The molecule has 2 rings (SSSR count). The number of benzene rings is 1. The Morgan fingerprint density at radius 1 is 1.25 bits per heavy atom. The van der Waals surface area contributed by atoms with Gasteiger partial charge in [-0.2, -0.15) is 5.10 Å². The third-order valence-corrected chi connectivity index (χ3v) is 2.74. The average molecular weight is 289 g/mol. The Kier molecular flexibility index (Phi) is 4.73. The number of hydrogen-bond acceptors (Lipinski definition) is 4. The van der Waals surface area contributed by atoms with Crippen LogP contribution in [0.5, 0.6) is 5.75 Å². The standard InChI is InChI=1S/C14H15N3O2S/c1-10(13-4-3-9-19-13)16-17-14(20)15-11-5-7-12(18-2)8-6-11/h3-9H,1-2H3,(H2,15,17,20)/b16-10-. The summed E-state index contributed by atoms with van der Waals surface area (Å²) >= 11 is 5.15. The maximum atomic E-state index is 5.22. The third-order valence-electron chi connectivity index (χ3n) is 2.55. The van der Waals surface area contributed by atoms with Gasteiger partial charge in [-0.1, -0.05) is 0 Å². The van der Waals surface area contributed by atoms with Gasteiger partial charge in [0.25, 0.3) is 0 Å². The Morgan fingerprint density at radius 2 is 2.00 bits per heavy atom. The lowest BCUT2D eigenvalue weighted by atomic mass is 10.3. The van der Waals surface area contributed by atoms with E-state index in [0.29, 0.717) is 16.6 Å². The monoisotopic (exact) mass is 289 g/mol. The van der Waals surface area contributed by atoms with Crippen molar-refractivity contribution in [3.63, 3.8) is 0 Å². The molecule has 0 saturated heterocycles. The fraction of sp³-hybridized carbons (Fsp3) is 0.143. The molecule has 0 radical (unpaired) electrons. The third kappa shape index (κ3) is 3.83. The molecule has 0 atom stereocenters. The van der Waals surface area contributed by atoms with Crippen molar-refractivity contribution in [1.82, 2.24) is 5.43 Å². The van der Waals surface area contributed by atoms with Gasteiger partial charge in [-0.25, -0.2) is 0 Å². The van der Waals surface area contributed by atoms with Crippen LogP contribution in [0.2, 0.25) is 0 Å². The summed E-state index contributed by atoms with van der Waals surface area (Å²) in [6, 6.07) is 11.1. The minimum atomic E-state index is 0.404. The van der Waals surface area contributed by atoms with Crippen LogP contribution in [0.3, 0.4) is 0 Å². The molecule has 0 amide bonds. The number of hydrazone groups is 1. The molecule has 1 heterocycles. The zero-order chi connectivity index (χ0) is 14.4. The van der Waals surface area contributed by atoms with E-state index in [4.69, 9.17) is 21.4 Å². The topological polar surface area (TPSA) is 58.8 Å². The maximum Gasteiger partial charge on any atom is 0.191 e. The fourth-order valence-corrected chi connectivity index (χ4v) is 1.67. The van der Waals surface area contributed by atoms with Crippen LogP contribution in [-0.2, 0) is 0 Å². The van der Waals surface area contributed by atoms with E-state index >= 15 is 0 Å². The number of thiocarbonyl (C=S) groups is 1. The molecule has 2 aromatic rings. The van der Waals surface area contributed by atoms with Gasteiger partial charge in [0.2, 0.25) is 0 Å². The Hall–Kier alpha value is -2.34. The number of rotatable bonds is 4. The number of nitrogens with zero attached hydrogens (tertiary/aromatic N) is 1. The summed E-state index contributed by atoms with van der Waals surface area (Å²) in [6.45, 7) is 1.84. The van der Waals surface area contributed by atoms with Crippen molar-refractivity contribution in [3.05, 3.63) is 48.4 Å². The van der Waals surface area contributed by atoms with Crippen LogP contribution in [0.15, 0.2) is 52.2 Å². The molecule has 5 nitrogen and oxygen atoms in total. The summed E-state index contributed by atoms with van der Waals surface area (Å²) in [5.41, 5.74) is 4.34. The van der Waals surface area contributed by atoms with Crippen molar-refractivity contribution in [3.8, 4) is 5.75 Å². The highest BCUT2D eigenvalue weighted by Crippen LogP contribution is 2.14. The molecule has 0 fully saturated rings. The summed E-state index contributed by atoms with van der Waals surface area (Å²) in [4.78, 5) is 0. The van der Waals surface area contributed by atoms with Crippen molar-refractivity contribution in [2.75, 3.05) is 12.4 Å². The Bertz CT molecular complexity index is 591. The van der Waals surface area contributed by atoms with Gasteiger partial charge in [0, 0.05) is 5.69 Å². The first-order valence-electron chi connectivity index (χ1n) is 5.98. The van der Waals surface area contributed by atoms with Crippen molar-refractivity contribution in [2.24, 2.45) is 5.10 Å². The predicted octanol–water partition coefficient (Wildman–Crippen LogP) is 3.00.